The summed E-state index contributed by atoms with van der Waals surface area (Å²) >= 11 is 5.23. The van der Waals surface area contributed by atoms with Gasteiger partial charge in [0, 0.05) is 6.54 Å². The van der Waals surface area contributed by atoms with Gasteiger partial charge in [0.25, 0.3) is 0 Å². The van der Waals surface area contributed by atoms with Crippen LogP contribution < -0.4 is 15.4 Å². The predicted molar refractivity (Wildman–Crippen MR) is 87.3 cm³/mol. The minimum atomic E-state index is -0.220. The first-order chi connectivity index (χ1) is 10.2. The van der Waals surface area contributed by atoms with Crippen molar-refractivity contribution in [3.63, 3.8) is 0 Å². The summed E-state index contributed by atoms with van der Waals surface area (Å²) in [4.78, 5) is 0. The van der Waals surface area contributed by atoms with E-state index in [9.17, 15) is 4.39 Å². The predicted octanol–water partition coefficient (Wildman–Crippen LogP) is 3.36. The highest BCUT2D eigenvalue weighted by Crippen LogP contribution is 2.22. The van der Waals surface area contributed by atoms with Gasteiger partial charge in [0.2, 0.25) is 0 Å². The first-order valence-corrected chi connectivity index (χ1v) is 7.02. The van der Waals surface area contributed by atoms with Gasteiger partial charge in [-0.2, -0.15) is 0 Å². The minimum Gasteiger partial charge on any atom is -0.495 e. The van der Waals surface area contributed by atoms with Crippen molar-refractivity contribution >= 4 is 23.0 Å². The Hall–Kier alpha value is -2.14. The number of thiocarbonyl (C=S) groups is 1. The van der Waals surface area contributed by atoms with Crippen LogP contribution in [-0.2, 0) is 6.42 Å². The molecule has 3 nitrogen and oxygen atoms in total. The molecule has 0 aliphatic heterocycles. The van der Waals surface area contributed by atoms with Crippen molar-refractivity contribution in [1.29, 1.82) is 0 Å². The summed E-state index contributed by atoms with van der Waals surface area (Å²) < 4.78 is 18.3. The molecule has 2 rings (SSSR count). The van der Waals surface area contributed by atoms with E-state index in [4.69, 9.17) is 17.0 Å². The van der Waals surface area contributed by atoms with E-state index >= 15 is 0 Å². The maximum atomic E-state index is 13.1. The molecule has 0 fully saturated rings. The summed E-state index contributed by atoms with van der Waals surface area (Å²) in [6.07, 6.45) is 0.700. The molecule has 0 heterocycles. The van der Waals surface area contributed by atoms with Crippen LogP contribution in [0, 0.1) is 5.82 Å². The Labute approximate surface area is 129 Å². The average molecular weight is 304 g/mol. The quantitative estimate of drug-likeness (QED) is 0.830. The van der Waals surface area contributed by atoms with Crippen LogP contribution in [0.5, 0.6) is 5.75 Å². The molecule has 0 saturated heterocycles. The van der Waals surface area contributed by atoms with E-state index in [2.05, 4.69) is 10.6 Å². The molecule has 0 aromatic heterocycles. The van der Waals surface area contributed by atoms with Gasteiger partial charge in [0.15, 0.2) is 5.11 Å². The van der Waals surface area contributed by atoms with Crippen LogP contribution in [0.3, 0.4) is 0 Å². The summed E-state index contributed by atoms with van der Waals surface area (Å²) in [5.41, 5.74) is 1.74. The van der Waals surface area contributed by atoms with E-state index in [1.165, 1.54) is 12.1 Å². The van der Waals surface area contributed by atoms with Crippen LogP contribution in [0.4, 0.5) is 10.1 Å². The number of hydrogen-bond donors (Lipinski definition) is 2. The maximum absolute atomic E-state index is 13.1. The topological polar surface area (TPSA) is 33.3 Å². The summed E-state index contributed by atoms with van der Waals surface area (Å²) in [6, 6.07) is 14.1. The SMILES string of the molecule is COc1ccccc1NC(=S)NCCc1cccc(F)c1. The molecule has 0 aliphatic rings. The standard InChI is InChI=1S/C16H17FN2OS/c1-20-15-8-3-2-7-14(15)19-16(21)18-10-9-12-5-4-6-13(17)11-12/h2-8,11H,9-10H2,1H3,(H2,18,19,21). The second-order valence-corrected chi connectivity index (χ2v) is 4.87. The molecule has 2 aromatic carbocycles. The number of nitrogens with one attached hydrogen (secondary N) is 2. The van der Waals surface area contributed by atoms with Crippen molar-refractivity contribution in [3.05, 3.63) is 59.9 Å². The van der Waals surface area contributed by atoms with E-state index in [0.29, 0.717) is 18.1 Å². The van der Waals surface area contributed by atoms with Crippen LogP contribution in [0.2, 0.25) is 0 Å². The van der Waals surface area contributed by atoms with Gasteiger partial charge in [-0.25, -0.2) is 4.39 Å². The van der Waals surface area contributed by atoms with E-state index in [0.717, 1.165) is 17.0 Å². The van der Waals surface area contributed by atoms with E-state index in [1.54, 1.807) is 13.2 Å². The molecule has 0 radical (unpaired) electrons. The van der Waals surface area contributed by atoms with Gasteiger partial charge in [0.1, 0.15) is 11.6 Å². The second kappa shape index (κ2) is 7.59. The zero-order chi connectivity index (χ0) is 15.1. The Balaban J connectivity index is 1.82. The Kier molecular flexibility index (Phi) is 5.51. The van der Waals surface area contributed by atoms with Gasteiger partial charge in [-0.15, -0.1) is 0 Å². The number of hydrogen-bond acceptors (Lipinski definition) is 2. The third-order valence-corrected chi connectivity index (χ3v) is 3.19. The van der Waals surface area contributed by atoms with Crippen molar-refractivity contribution < 1.29 is 9.13 Å². The highest BCUT2D eigenvalue weighted by molar-refractivity contribution is 7.80. The van der Waals surface area contributed by atoms with Gasteiger partial charge >= 0.3 is 0 Å². The van der Waals surface area contributed by atoms with Gasteiger partial charge in [0.05, 0.1) is 12.8 Å². The van der Waals surface area contributed by atoms with Gasteiger partial charge in [-0.1, -0.05) is 24.3 Å². The number of methoxy groups -OCH3 is 1. The molecule has 0 spiro atoms. The Morgan fingerprint density at radius 2 is 2.00 bits per heavy atom. The van der Waals surface area contributed by atoms with E-state index < -0.39 is 0 Å². The Morgan fingerprint density at radius 3 is 2.76 bits per heavy atom. The fourth-order valence-corrected chi connectivity index (χ4v) is 2.14. The third kappa shape index (κ3) is 4.72. The molecular formula is C16H17FN2OS. The van der Waals surface area contributed by atoms with Crippen molar-refractivity contribution in [3.8, 4) is 5.75 Å². The summed E-state index contributed by atoms with van der Waals surface area (Å²) in [6.45, 7) is 0.629. The van der Waals surface area contributed by atoms with Crippen LogP contribution >= 0.6 is 12.2 Å². The molecule has 2 aromatic rings. The molecule has 0 aliphatic carbocycles. The molecule has 0 bridgehead atoms. The van der Waals surface area contributed by atoms with Crippen molar-refractivity contribution in [2.75, 3.05) is 19.0 Å². The van der Waals surface area contributed by atoms with E-state index in [1.807, 2.05) is 30.3 Å². The third-order valence-electron chi connectivity index (χ3n) is 2.94. The van der Waals surface area contributed by atoms with E-state index in [-0.39, 0.29) is 5.82 Å². The highest BCUT2D eigenvalue weighted by Gasteiger charge is 2.03. The fourth-order valence-electron chi connectivity index (χ4n) is 1.93. The smallest absolute Gasteiger partial charge is 0.170 e. The van der Waals surface area contributed by atoms with Crippen molar-refractivity contribution in [2.45, 2.75) is 6.42 Å². The number of benzene rings is 2. The fraction of sp³-hybridized carbons (Fsp3) is 0.188. The lowest BCUT2D eigenvalue weighted by Gasteiger charge is -2.13. The Morgan fingerprint density at radius 1 is 1.19 bits per heavy atom. The summed E-state index contributed by atoms with van der Waals surface area (Å²) in [5.74, 6) is 0.508. The normalized spacial score (nSPS) is 10.0. The highest BCUT2D eigenvalue weighted by atomic mass is 32.1. The average Bonchev–Trinajstić information content (AvgIpc) is 2.48. The summed E-state index contributed by atoms with van der Waals surface area (Å²) in [5, 5.41) is 6.68. The van der Waals surface area contributed by atoms with Gasteiger partial charge in [-0.05, 0) is 48.5 Å². The van der Waals surface area contributed by atoms with Crippen LogP contribution in [0.25, 0.3) is 0 Å². The van der Waals surface area contributed by atoms with Gasteiger partial charge in [-0.3, -0.25) is 0 Å². The molecule has 0 unspecified atom stereocenters. The number of rotatable bonds is 5. The van der Waals surface area contributed by atoms with Crippen LogP contribution in [0.1, 0.15) is 5.56 Å². The molecular weight excluding hydrogens is 287 g/mol. The number of ether oxygens (including phenoxy) is 1. The monoisotopic (exact) mass is 304 g/mol. The molecule has 0 amide bonds. The number of anilines is 1. The molecule has 5 heteroatoms. The Bertz CT molecular complexity index is 619. The minimum absolute atomic E-state index is 0.220. The molecule has 21 heavy (non-hydrogen) atoms. The van der Waals surface area contributed by atoms with Crippen LogP contribution in [0.15, 0.2) is 48.5 Å². The second-order valence-electron chi connectivity index (χ2n) is 4.46. The molecule has 0 saturated carbocycles. The van der Waals surface area contributed by atoms with Crippen molar-refractivity contribution in [1.82, 2.24) is 5.32 Å². The zero-order valence-electron chi connectivity index (χ0n) is 11.7. The lowest BCUT2D eigenvalue weighted by atomic mass is 10.1. The maximum Gasteiger partial charge on any atom is 0.170 e. The number of halogens is 1. The largest absolute Gasteiger partial charge is 0.495 e. The molecule has 2 N–H and O–H groups in total. The summed E-state index contributed by atoms with van der Waals surface area (Å²) in [7, 11) is 1.61. The lowest BCUT2D eigenvalue weighted by molar-refractivity contribution is 0.417. The first-order valence-electron chi connectivity index (χ1n) is 6.61. The zero-order valence-corrected chi connectivity index (χ0v) is 12.5. The van der Waals surface area contributed by atoms with Gasteiger partial charge < -0.3 is 15.4 Å². The molecule has 0 atom stereocenters. The van der Waals surface area contributed by atoms with Crippen molar-refractivity contribution in [2.24, 2.45) is 0 Å². The molecule has 110 valence electrons. The first kappa shape index (κ1) is 15.3. The lowest BCUT2D eigenvalue weighted by Crippen LogP contribution is -2.30. The number of para-hydroxylation sites is 2. The van der Waals surface area contributed by atoms with Crippen LogP contribution in [-0.4, -0.2) is 18.8 Å².